The van der Waals surface area contributed by atoms with Crippen molar-refractivity contribution in [1.29, 1.82) is 5.26 Å². The van der Waals surface area contributed by atoms with E-state index >= 15 is 0 Å². The van der Waals surface area contributed by atoms with Crippen molar-refractivity contribution < 1.29 is 19.4 Å². The van der Waals surface area contributed by atoms with Crippen LogP contribution in [0.5, 0.6) is 0 Å². The number of morpholine rings is 1. The van der Waals surface area contributed by atoms with Gasteiger partial charge in [-0.1, -0.05) is 0 Å². The van der Waals surface area contributed by atoms with Crippen LogP contribution < -0.4 is 5.32 Å². The number of carboxylic acids is 1. The summed E-state index contributed by atoms with van der Waals surface area (Å²) in [4.78, 5) is 24.0. The van der Waals surface area contributed by atoms with Gasteiger partial charge in [0.25, 0.3) is 0 Å². The molecule has 0 aromatic heterocycles. The number of hydrogen-bond donors (Lipinski definition) is 2. The molecule has 1 rings (SSSR count). The van der Waals surface area contributed by atoms with Crippen molar-refractivity contribution in [3.63, 3.8) is 0 Å². The van der Waals surface area contributed by atoms with Crippen molar-refractivity contribution in [3.8, 4) is 6.07 Å². The van der Waals surface area contributed by atoms with Crippen molar-refractivity contribution >= 4 is 12.0 Å². The minimum Gasteiger partial charge on any atom is -0.481 e. The largest absolute Gasteiger partial charge is 0.481 e. The second-order valence-electron chi connectivity index (χ2n) is 4.82. The normalized spacial score (nSPS) is 20.1. The lowest BCUT2D eigenvalue weighted by atomic mass is 10.0. The molecular formula is C11H17N3O4. The molecule has 1 fully saturated rings. The molecule has 1 aliphatic heterocycles. The van der Waals surface area contributed by atoms with E-state index in [1.165, 1.54) is 4.90 Å². The molecule has 1 atom stereocenters. The summed E-state index contributed by atoms with van der Waals surface area (Å²) in [6.07, 6.45) is -0.780. The fraction of sp³-hybridized carbons (Fsp3) is 0.727. The van der Waals surface area contributed by atoms with E-state index in [1.807, 2.05) is 6.07 Å². The molecule has 0 saturated carbocycles. The van der Waals surface area contributed by atoms with Gasteiger partial charge in [0.1, 0.15) is 0 Å². The zero-order chi connectivity index (χ0) is 13.8. The third-order valence-electron chi connectivity index (χ3n) is 2.54. The van der Waals surface area contributed by atoms with E-state index in [9.17, 15) is 9.59 Å². The summed E-state index contributed by atoms with van der Waals surface area (Å²) in [6.45, 7) is 4.19. The highest BCUT2D eigenvalue weighted by atomic mass is 16.5. The van der Waals surface area contributed by atoms with Crippen LogP contribution in [0.15, 0.2) is 0 Å². The van der Waals surface area contributed by atoms with E-state index in [0.717, 1.165) is 0 Å². The summed E-state index contributed by atoms with van der Waals surface area (Å²) in [5.41, 5.74) is -0.830. The Bertz CT molecular complexity index is 375. The molecule has 1 saturated heterocycles. The monoisotopic (exact) mass is 255 g/mol. The highest BCUT2D eigenvalue weighted by Crippen LogP contribution is 2.11. The van der Waals surface area contributed by atoms with Gasteiger partial charge in [-0.2, -0.15) is 5.26 Å². The van der Waals surface area contributed by atoms with E-state index in [2.05, 4.69) is 5.32 Å². The van der Waals surface area contributed by atoms with Crippen LogP contribution in [0, 0.1) is 11.3 Å². The Morgan fingerprint density at radius 3 is 2.83 bits per heavy atom. The van der Waals surface area contributed by atoms with E-state index < -0.39 is 17.6 Å². The molecule has 1 aliphatic rings. The second-order valence-corrected chi connectivity index (χ2v) is 4.82. The first kappa shape index (κ1) is 14.3. The van der Waals surface area contributed by atoms with Crippen molar-refractivity contribution in [2.24, 2.45) is 0 Å². The zero-order valence-electron chi connectivity index (χ0n) is 10.5. The lowest BCUT2D eigenvalue weighted by Gasteiger charge is -2.33. The van der Waals surface area contributed by atoms with Crippen molar-refractivity contribution in [3.05, 3.63) is 0 Å². The number of nitriles is 1. The average molecular weight is 255 g/mol. The van der Waals surface area contributed by atoms with Crippen LogP contribution in [0.1, 0.15) is 20.3 Å². The van der Waals surface area contributed by atoms with Gasteiger partial charge in [-0.25, -0.2) is 4.79 Å². The van der Waals surface area contributed by atoms with Gasteiger partial charge in [-0.3, -0.25) is 4.79 Å². The molecule has 7 nitrogen and oxygen atoms in total. The SMILES string of the molecule is CC(C)(CC(=O)O)NC(=O)N1CCOC(C#N)C1. The molecule has 100 valence electrons. The first-order chi connectivity index (χ1) is 8.34. The molecule has 18 heavy (non-hydrogen) atoms. The van der Waals surface area contributed by atoms with Crippen LogP contribution in [0.2, 0.25) is 0 Å². The van der Waals surface area contributed by atoms with Gasteiger partial charge >= 0.3 is 12.0 Å². The Hall–Kier alpha value is -1.81. The summed E-state index contributed by atoms with van der Waals surface area (Å²) in [7, 11) is 0. The van der Waals surface area contributed by atoms with E-state index in [-0.39, 0.29) is 19.0 Å². The van der Waals surface area contributed by atoms with Gasteiger partial charge < -0.3 is 20.1 Å². The minimum atomic E-state index is -0.975. The third-order valence-corrected chi connectivity index (χ3v) is 2.54. The van der Waals surface area contributed by atoms with Gasteiger partial charge in [0, 0.05) is 12.1 Å². The van der Waals surface area contributed by atoms with Crippen LogP contribution in [0.25, 0.3) is 0 Å². The van der Waals surface area contributed by atoms with Crippen LogP contribution >= 0.6 is 0 Å². The number of rotatable bonds is 3. The topological polar surface area (TPSA) is 103 Å². The summed E-state index contributed by atoms with van der Waals surface area (Å²) < 4.78 is 5.13. The highest BCUT2D eigenvalue weighted by Gasteiger charge is 2.29. The van der Waals surface area contributed by atoms with E-state index in [4.69, 9.17) is 15.1 Å². The molecule has 0 aromatic carbocycles. The number of aliphatic carboxylic acids is 1. The fourth-order valence-corrected chi connectivity index (χ4v) is 1.70. The lowest BCUT2D eigenvalue weighted by Crippen LogP contribution is -2.55. The van der Waals surface area contributed by atoms with Crippen molar-refractivity contribution in [1.82, 2.24) is 10.2 Å². The number of hydrogen-bond acceptors (Lipinski definition) is 4. The Kier molecular flexibility index (Phi) is 4.50. The zero-order valence-corrected chi connectivity index (χ0v) is 10.5. The Morgan fingerprint density at radius 1 is 1.61 bits per heavy atom. The first-order valence-corrected chi connectivity index (χ1v) is 5.64. The molecule has 1 unspecified atom stereocenters. The number of carboxylic acid groups (broad SMARTS) is 1. The molecule has 7 heteroatoms. The maximum absolute atomic E-state index is 11.9. The Labute approximate surface area is 105 Å². The summed E-state index contributed by atoms with van der Waals surface area (Å²) in [5, 5.41) is 20.1. The number of ether oxygens (including phenoxy) is 1. The molecule has 0 bridgehead atoms. The quantitative estimate of drug-likeness (QED) is 0.748. The van der Waals surface area contributed by atoms with Gasteiger partial charge in [-0.15, -0.1) is 0 Å². The van der Waals surface area contributed by atoms with E-state index in [1.54, 1.807) is 13.8 Å². The number of carbonyl (C=O) groups excluding carboxylic acids is 1. The second kappa shape index (κ2) is 5.69. The third kappa shape index (κ3) is 4.22. The standard InChI is InChI=1S/C11H17N3O4/c1-11(2,5-9(15)16)13-10(17)14-3-4-18-8(6-12)7-14/h8H,3-5,7H2,1-2H3,(H,13,17)(H,15,16). The van der Waals surface area contributed by atoms with Crippen molar-refractivity contribution in [2.45, 2.75) is 31.9 Å². The highest BCUT2D eigenvalue weighted by molar-refractivity contribution is 5.77. The van der Waals surface area contributed by atoms with Gasteiger partial charge in [0.15, 0.2) is 6.10 Å². The molecular weight excluding hydrogens is 238 g/mol. The summed E-state index contributed by atoms with van der Waals surface area (Å²) in [5.74, 6) is -0.975. The van der Waals surface area contributed by atoms with Gasteiger partial charge in [-0.05, 0) is 13.8 Å². The molecule has 0 spiro atoms. The Morgan fingerprint density at radius 2 is 2.28 bits per heavy atom. The van der Waals surface area contributed by atoms with Gasteiger partial charge in [0.2, 0.25) is 0 Å². The predicted molar refractivity (Wildman–Crippen MR) is 61.8 cm³/mol. The molecule has 0 aromatic rings. The molecule has 2 amide bonds. The number of amides is 2. The number of carbonyl (C=O) groups is 2. The Balaban J connectivity index is 2.54. The average Bonchev–Trinajstić information content (AvgIpc) is 2.26. The smallest absolute Gasteiger partial charge is 0.318 e. The summed E-state index contributed by atoms with van der Waals surface area (Å²) in [6, 6.07) is 1.58. The molecule has 0 radical (unpaired) electrons. The van der Waals surface area contributed by atoms with Gasteiger partial charge in [0.05, 0.1) is 25.6 Å². The van der Waals surface area contributed by atoms with Crippen molar-refractivity contribution in [2.75, 3.05) is 19.7 Å². The number of nitrogens with one attached hydrogen (secondary N) is 1. The maximum Gasteiger partial charge on any atom is 0.318 e. The number of urea groups is 1. The van der Waals surface area contributed by atoms with E-state index in [0.29, 0.717) is 13.2 Å². The van der Waals surface area contributed by atoms with Crippen LogP contribution in [0.3, 0.4) is 0 Å². The van der Waals surface area contributed by atoms with Crippen LogP contribution in [-0.4, -0.2) is 53.3 Å². The maximum atomic E-state index is 11.9. The molecule has 1 heterocycles. The van der Waals surface area contributed by atoms with Crippen LogP contribution in [-0.2, 0) is 9.53 Å². The fourth-order valence-electron chi connectivity index (χ4n) is 1.70. The summed E-state index contributed by atoms with van der Waals surface area (Å²) >= 11 is 0. The molecule has 0 aliphatic carbocycles. The minimum absolute atomic E-state index is 0.162. The number of nitrogens with zero attached hydrogens (tertiary/aromatic N) is 2. The first-order valence-electron chi connectivity index (χ1n) is 5.64. The lowest BCUT2D eigenvalue weighted by molar-refractivity contribution is -0.138. The predicted octanol–water partition coefficient (Wildman–Crippen LogP) is 0.174. The molecule has 2 N–H and O–H groups in total. The van der Waals surface area contributed by atoms with Crippen LogP contribution in [0.4, 0.5) is 4.79 Å².